The maximum atomic E-state index is 13.8. The summed E-state index contributed by atoms with van der Waals surface area (Å²) in [5, 5.41) is 2.68. The highest BCUT2D eigenvalue weighted by molar-refractivity contribution is 5.73. The second-order valence-electron chi connectivity index (χ2n) is 5.76. The number of para-hydroxylation sites is 2. The number of benzene rings is 2. The van der Waals surface area contributed by atoms with Gasteiger partial charge in [0.25, 0.3) is 0 Å². The fourth-order valence-electron chi connectivity index (χ4n) is 2.50. The maximum Gasteiger partial charge on any atom is 0.439 e. The molecule has 0 saturated heterocycles. The third kappa shape index (κ3) is 3.22. The van der Waals surface area contributed by atoms with E-state index in [-0.39, 0.29) is 11.6 Å². The number of nitrogens with zero attached hydrogens (tertiary/aromatic N) is 3. The van der Waals surface area contributed by atoms with Gasteiger partial charge in [0, 0.05) is 17.8 Å². The molecular formula is C18H13F2N5O2. The Morgan fingerprint density at radius 2 is 1.96 bits per heavy atom. The molecule has 2 heterocycles. The van der Waals surface area contributed by atoms with E-state index in [4.69, 9.17) is 4.42 Å². The minimum atomic E-state index is -0.772. The number of hydrogen-bond donors (Lipinski definition) is 2. The average Bonchev–Trinajstić information content (AvgIpc) is 2.96. The zero-order valence-electron chi connectivity index (χ0n) is 14.0. The average molecular weight is 369 g/mol. The molecule has 4 aromatic rings. The number of aryl methyl sites for hydroxylation is 1. The van der Waals surface area contributed by atoms with Crippen molar-refractivity contribution in [2.24, 2.45) is 0 Å². The van der Waals surface area contributed by atoms with Crippen LogP contribution in [0.15, 0.2) is 57.9 Å². The van der Waals surface area contributed by atoms with Crippen LogP contribution in [-0.2, 0) is 0 Å². The Morgan fingerprint density at radius 1 is 1.15 bits per heavy atom. The van der Waals surface area contributed by atoms with E-state index in [2.05, 4.69) is 20.7 Å². The van der Waals surface area contributed by atoms with Crippen LogP contribution in [0.3, 0.4) is 0 Å². The quantitative estimate of drug-likeness (QED) is 0.572. The summed E-state index contributed by atoms with van der Waals surface area (Å²) in [6.07, 6.45) is 1.51. The third-order valence-corrected chi connectivity index (χ3v) is 3.85. The molecule has 136 valence electrons. The predicted octanol–water partition coefficient (Wildman–Crippen LogP) is 3.59. The van der Waals surface area contributed by atoms with Gasteiger partial charge in [-0.3, -0.25) is 5.43 Å². The van der Waals surface area contributed by atoms with E-state index in [1.807, 2.05) is 0 Å². The van der Waals surface area contributed by atoms with Gasteiger partial charge in [-0.1, -0.05) is 12.1 Å². The van der Waals surface area contributed by atoms with Crippen molar-refractivity contribution in [2.75, 3.05) is 10.7 Å². The zero-order valence-corrected chi connectivity index (χ0v) is 14.0. The van der Waals surface area contributed by atoms with Crippen molar-refractivity contribution in [3.63, 3.8) is 0 Å². The highest BCUT2D eigenvalue weighted by Crippen LogP contribution is 2.21. The number of hydrogen-bond acceptors (Lipinski definition) is 6. The van der Waals surface area contributed by atoms with Crippen LogP contribution in [-0.4, -0.2) is 14.6 Å². The largest absolute Gasteiger partial charge is 0.439 e. The van der Waals surface area contributed by atoms with Gasteiger partial charge in [0.2, 0.25) is 5.95 Å². The van der Waals surface area contributed by atoms with E-state index in [1.165, 1.54) is 16.9 Å². The summed E-state index contributed by atoms with van der Waals surface area (Å²) in [5.74, 6) is -1.66. The Hall–Kier alpha value is -3.75. The van der Waals surface area contributed by atoms with Crippen molar-refractivity contribution in [2.45, 2.75) is 6.92 Å². The molecule has 0 saturated carbocycles. The molecule has 0 radical (unpaired) electrons. The molecule has 2 N–H and O–H groups in total. The Kier molecular flexibility index (Phi) is 4.03. The summed E-state index contributed by atoms with van der Waals surface area (Å²) in [6.45, 7) is 1.75. The molecule has 0 atom stereocenters. The molecule has 27 heavy (non-hydrogen) atoms. The highest BCUT2D eigenvalue weighted by Gasteiger charge is 2.12. The van der Waals surface area contributed by atoms with E-state index in [9.17, 15) is 13.6 Å². The SMILES string of the molecule is Cc1cnc(Nc2ccc(F)cc2F)nc1Nn1c(=O)oc2ccccc21. The summed E-state index contributed by atoms with van der Waals surface area (Å²) in [5.41, 5.74) is 4.52. The highest BCUT2D eigenvalue weighted by atomic mass is 19.1. The van der Waals surface area contributed by atoms with E-state index in [1.54, 1.807) is 31.2 Å². The van der Waals surface area contributed by atoms with Crippen molar-refractivity contribution >= 4 is 28.6 Å². The molecule has 0 bridgehead atoms. The molecule has 0 aliphatic rings. The Labute approximate surface area is 151 Å². The van der Waals surface area contributed by atoms with Crippen LogP contribution in [0, 0.1) is 18.6 Å². The van der Waals surface area contributed by atoms with Crippen LogP contribution in [0.1, 0.15) is 5.56 Å². The minimum Gasteiger partial charge on any atom is -0.406 e. The lowest BCUT2D eigenvalue weighted by Gasteiger charge is -2.11. The number of oxazole rings is 1. The number of rotatable bonds is 4. The first-order chi connectivity index (χ1) is 13.0. The van der Waals surface area contributed by atoms with E-state index < -0.39 is 17.4 Å². The van der Waals surface area contributed by atoms with Gasteiger partial charge in [0.1, 0.15) is 17.2 Å². The molecule has 0 aliphatic heterocycles. The summed E-state index contributed by atoms with van der Waals surface area (Å²) in [7, 11) is 0. The summed E-state index contributed by atoms with van der Waals surface area (Å²) >= 11 is 0. The summed E-state index contributed by atoms with van der Waals surface area (Å²) < 4.78 is 33.2. The van der Waals surface area contributed by atoms with Crippen LogP contribution in [0.5, 0.6) is 0 Å². The molecule has 0 fully saturated rings. The fourth-order valence-corrected chi connectivity index (χ4v) is 2.50. The van der Waals surface area contributed by atoms with Gasteiger partial charge in [-0.2, -0.15) is 9.66 Å². The lowest BCUT2D eigenvalue weighted by Crippen LogP contribution is -2.23. The second-order valence-corrected chi connectivity index (χ2v) is 5.76. The van der Waals surface area contributed by atoms with Crippen LogP contribution in [0.25, 0.3) is 11.1 Å². The van der Waals surface area contributed by atoms with E-state index >= 15 is 0 Å². The summed E-state index contributed by atoms with van der Waals surface area (Å²) in [6, 6.07) is 10.0. The Morgan fingerprint density at radius 3 is 2.78 bits per heavy atom. The smallest absolute Gasteiger partial charge is 0.406 e. The molecule has 9 heteroatoms. The monoisotopic (exact) mass is 369 g/mol. The summed E-state index contributed by atoms with van der Waals surface area (Å²) in [4.78, 5) is 20.4. The predicted molar refractivity (Wildman–Crippen MR) is 95.9 cm³/mol. The van der Waals surface area contributed by atoms with Gasteiger partial charge in [-0.05, 0) is 31.2 Å². The molecule has 7 nitrogen and oxygen atoms in total. The number of aromatic nitrogens is 3. The van der Waals surface area contributed by atoms with Crippen LogP contribution in [0.2, 0.25) is 0 Å². The van der Waals surface area contributed by atoms with Gasteiger partial charge < -0.3 is 9.73 Å². The number of anilines is 3. The lowest BCUT2D eigenvalue weighted by molar-refractivity contribution is 0.532. The molecule has 2 aromatic carbocycles. The molecule has 0 spiro atoms. The first-order valence-corrected chi connectivity index (χ1v) is 7.94. The van der Waals surface area contributed by atoms with Gasteiger partial charge >= 0.3 is 5.76 Å². The molecular weight excluding hydrogens is 356 g/mol. The first kappa shape index (κ1) is 16.7. The van der Waals surface area contributed by atoms with Crippen molar-refractivity contribution < 1.29 is 13.2 Å². The molecule has 0 amide bonds. The number of halogens is 2. The van der Waals surface area contributed by atoms with Crippen LogP contribution in [0.4, 0.5) is 26.2 Å². The van der Waals surface area contributed by atoms with Crippen molar-refractivity contribution in [1.82, 2.24) is 14.6 Å². The zero-order chi connectivity index (χ0) is 19.0. The van der Waals surface area contributed by atoms with Gasteiger partial charge in [-0.25, -0.2) is 18.6 Å². The molecule has 2 aromatic heterocycles. The lowest BCUT2D eigenvalue weighted by atomic mass is 10.3. The molecule has 4 rings (SSSR count). The van der Waals surface area contributed by atoms with Crippen molar-refractivity contribution in [3.05, 3.63) is 76.4 Å². The van der Waals surface area contributed by atoms with Crippen LogP contribution >= 0.6 is 0 Å². The third-order valence-electron chi connectivity index (χ3n) is 3.85. The molecule has 0 unspecified atom stereocenters. The standard InChI is InChI=1S/C18H13F2N5O2/c1-10-9-21-17(22-13-7-6-11(19)8-12(13)20)23-16(10)24-25-14-4-2-3-5-15(14)27-18(25)26/h2-9H,1H3,(H2,21,22,23,24). The van der Waals surface area contributed by atoms with Gasteiger partial charge in [-0.15, -0.1) is 0 Å². The molecule has 0 aliphatic carbocycles. The van der Waals surface area contributed by atoms with Gasteiger partial charge in [0.05, 0.1) is 5.69 Å². The Balaban J connectivity index is 1.68. The van der Waals surface area contributed by atoms with E-state index in [0.29, 0.717) is 22.5 Å². The number of fused-ring (bicyclic) bond motifs is 1. The van der Waals surface area contributed by atoms with Gasteiger partial charge in [0.15, 0.2) is 11.4 Å². The van der Waals surface area contributed by atoms with Crippen molar-refractivity contribution in [1.29, 1.82) is 0 Å². The van der Waals surface area contributed by atoms with Crippen molar-refractivity contribution in [3.8, 4) is 0 Å². The first-order valence-electron chi connectivity index (χ1n) is 7.94. The number of nitrogens with one attached hydrogen (secondary N) is 2. The minimum absolute atomic E-state index is 0.0251. The Bertz CT molecular complexity index is 1200. The fraction of sp³-hybridized carbons (Fsp3) is 0.0556. The topological polar surface area (TPSA) is 85.0 Å². The van der Waals surface area contributed by atoms with E-state index in [0.717, 1.165) is 12.1 Å². The second kappa shape index (κ2) is 6.52. The van der Waals surface area contributed by atoms with Crippen LogP contribution < -0.4 is 16.5 Å². The normalized spacial score (nSPS) is 10.9. The maximum absolute atomic E-state index is 13.8.